The van der Waals surface area contributed by atoms with Gasteiger partial charge in [0.05, 0.1) is 6.04 Å². The van der Waals surface area contributed by atoms with E-state index in [2.05, 4.69) is 48.7 Å². The van der Waals surface area contributed by atoms with E-state index in [1.54, 1.807) is 12.1 Å². The van der Waals surface area contributed by atoms with Crippen LogP contribution in [0, 0.1) is 12.7 Å². The fraction of sp³-hybridized carbons (Fsp3) is 0.235. The molecule has 110 valence electrons. The zero-order valence-electron chi connectivity index (χ0n) is 12.2. The molecule has 1 unspecified atom stereocenters. The first kappa shape index (κ1) is 15.4. The molecule has 4 heteroatoms. The van der Waals surface area contributed by atoms with Crippen LogP contribution in [0.5, 0.6) is 0 Å². The van der Waals surface area contributed by atoms with Crippen molar-refractivity contribution in [3.8, 4) is 0 Å². The van der Waals surface area contributed by atoms with Gasteiger partial charge in [-0.3, -0.25) is 0 Å². The Bertz CT molecular complexity index is 593. The minimum absolute atomic E-state index is 0.158. The Morgan fingerprint density at radius 2 is 1.71 bits per heavy atom. The summed E-state index contributed by atoms with van der Waals surface area (Å²) in [7, 11) is 0. The second-order valence-corrected chi connectivity index (χ2v) is 5.39. The maximum atomic E-state index is 12.9. The Kier molecular flexibility index (Phi) is 5.28. The molecular weight excluding hydrogens is 283 g/mol. The molecular formula is C17H19FN2S. The zero-order chi connectivity index (χ0) is 15.2. The van der Waals surface area contributed by atoms with E-state index in [4.69, 9.17) is 12.2 Å². The molecule has 0 spiro atoms. The van der Waals surface area contributed by atoms with E-state index in [-0.39, 0.29) is 11.9 Å². The molecule has 0 saturated heterocycles. The van der Waals surface area contributed by atoms with E-state index in [9.17, 15) is 4.39 Å². The van der Waals surface area contributed by atoms with Gasteiger partial charge in [-0.25, -0.2) is 4.39 Å². The lowest BCUT2D eigenvalue weighted by molar-refractivity contribution is 0.627. The van der Waals surface area contributed by atoms with Crippen LogP contribution in [0.2, 0.25) is 0 Å². The van der Waals surface area contributed by atoms with Crippen molar-refractivity contribution < 1.29 is 4.39 Å². The van der Waals surface area contributed by atoms with Gasteiger partial charge in [0.1, 0.15) is 5.82 Å². The number of rotatable bonds is 4. The van der Waals surface area contributed by atoms with Gasteiger partial charge in [-0.1, -0.05) is 36.8 Å². The molecule has 0 aromatic heterocycles. The molecule has 2 N–H and O–H groups in total. The van der Waals surface area contributed by atoms with Crippen LogP contribution >= 0.6 is 12.2 Å². The fourth-order valence-electron chi connectivity index (χ4n) is 2.08. The zero-order valence-corrected chi connectivity index (χ0v) is 13.0. The van der Waals surface area contributed by atoms with Crippen molar-refractivity contribution in [1.82, 2.24) is 5.32 Å². The van der Waals surface area contributed by atoms with Crippen LogP contribution in [0.25, 0.3) is 0 Å². The van der Waals surface area contributed by atoms with Gasteiger partial charge in [-0.05, 0) is 55.4 Å². The van der Waals surface area contributed by atoms with E-state index in [0.29, 0.717) is 5.11 Å². The summed E-state index contributed by atoms with van der Waals surface area (Å²) >= 11 is 5.32. The lowest BCUT2D eigenvalue weighted by Crippen LogP contribution is -2.32. The molecule has 0 saturated carbocycles. The second-order valence-electron chi connectivity index (χ2n) is 4.98. The fourth-order valence-corrected chi connectivity index (χ4v) is 2.34. The van der Waals surface area contributed by atoms with Gasteiger partial charge in [0.25, 0.3) is 0 Å². The number of hydrogen-bond acceptors (Lipinski definition) is 1. The summed E-state index contributed by atoms with van der Waals surface area (Å²) < 4.78 is 12.9. The smallest absolute Gasteiger partial charge is 0.171 e. The van der Waals surface area contributed by atoms with Crippen LogP contribution in [0.1, 0.15) is 30.5 Å². The third kappa shape index (κ3) is 4.53. The topological polar surface area (TPSA) is 24.1 Å². The minimum atomic E-state index is -0.259. The molecule has 0 radical (unpaired) electrons. The maximum absolute atomic E-state index is 12.9. The number of thiocarbonyl (C=S) groups is 1. The summed E-state index contributed by atoms with van der Waals surface area (Å²) in [6.45, 7) is 4.18. The van der Waals surface area contributed by atoms with E-state index < -0.39 is 0 Å². The van der Waals surface area contributed by atoms with Gasteiger partial charge >= 0.3 is 0 Å². The first-order chi connectivity index (χ1) is 10.1. The molecule has 0 amide bonds. The van der Waals surface area contributed by atoms with Crippen molar-refractivity contribution in [3.05, 3.63) is 65.5 Å². The van der Waals surface area contributed by atoms with Gasteiger partial charge in [-0.2, -0.15) is 0 Å². The molecule has 2 aromatic rings. The highest BCUT2D eigenvalue weighted by atomic mass is 32.1. The highest BCUT2D eigenvalue weighted by Crippen LogP contribution is 2.17. The van der Waals surface area contributed by atoms with Crippen molar-refractivity contribution in [2.45, 2.75) is 26.3 Å². The number of hydrogen-bond donors (Lipinski definition) is 2. The summed E-state index contributed by atoms with van der Waals surface area (Å²) in [6, 6.07) is 14.7. The molecule has 21 heavy (non-hydrogen) atoms. The van der Waals surface area contributed by atoms with Gasteiger partial charge in [0, 0.05) is 5.69 Å². The molecule has 0 aliphatic rings. The molecule has 2 rings (SSSR count). The monoisotopic (exact) mass is 302 g/mol. The van der Waals surface area contributed by atoms with Crippen molar-refractivity contribution in [2.75, 3.05) is 5.32 Å². The van der Waals surface area contributed by atoms with Crippen LogP contribution in [0.4, 0.5) is 10.1 Å². The number of nitrogens with one attached hydrogen (secondary N) is 2. The summed E-state index contributed by atoms with van der Waals surface area (Å²) in [5.74, 6) is -0.259. The Morgan fingerprint density at radius 1 is 1.10 bits per heavy atom. The number of halogens is 1. The third-order valence-electron chi connectivity index (χ3n) is 3.30. The Hall–Kier alpha value is -1.94. The maximum Gasteiger partial charge on any atom is 0.171 e. The van der Waals surface area contributed by atoms with E-state index in [1.165, 1.54) is 23.3 Å². The van der Waals surface area contributed by atoms with Crippen molar-refractivity contribution in [3.63, 3.8) is 0 Å². The highest BCUT2D eigenvalue weighted by molar-refractivity contribution is 7.80. The summed E-state index contributed by atoms with van der Waals surface area (Å²) in [5, 5.41) is 6.90. The van der Waals surface area contributed by atoms with Crippen LogP contribution in [-0.2, 0) is 0 Å². The Morgan fingerprint density at radius 3 is 2.29 bits per heavy atom. The average Bonchev–Trinajstić information content (AvgIpc) is 2.48. The number of anilines is 1. The minimum Gasteiger partial charge on any atom is -0.356 e. The lowest BCUT2D eigenvalue weighted by atomic mass is 10.0. The molecule has 2 aromatic carbocycles. The van der Waals surface area contributed by atoms with Gasteiger partial charge < -0.3 is 10.6 Å². The predicted octanol–water partition coefficient (Wildman–Crippen LogP) is 4.57. The second kappa shape index (κ2) is 7.18. The van der Waals surface area contributed by atoms with Crippen molar-refractivity contribution in [2.24, 2.45) is 0 Å². The largest absolute Gasteiger partial charge is 0.356 e. The number of benzene rings is 2. The normalized spacial score (nSPS) is 11.8. The van der Waals surface area contributed by atoms with E-state index >= 15 is 0 Å². The van der Waals surface area contributed by atoms with E-state index in [0.717, 1.165) is 12.1 Å². The molecule has 0 fully saturated rings. The first-order valence-corrected chi connectivity index (χ1v) is 7.39. The van der Waals surface area contributed by atoms with Crippen LogP contribution < -0.4 is 10.6 Å². The van der Waals surface area contributed by atoms with E-state index in [1.807, 2.05) is 0 Å². The first-order valence-electron chi connectivity index (χ1n) is 6.98. The quantitative estimate of drug-likeness (QED) is 0.809. The number of aryl methyl sites for hydroxylation is 1. The van der Waals surface area contributed by atoms with Crippen molar-refractivity contribution in [1.29, 1.82) is 0 Å². The average molecular weight is 302 g/mol. The summed E-state index contributed by atoms with van der Waals surface area (Å²) in [4.78, 5) is 0. The molecule has 1 atom stereocenters. The molecule has 0 aliphatic heterocycles. The summed E-state index contributed by atoms with van der Waals surface area (Å²) in [6.07, 6.45) is 0.925. The Labute approximate surface area is 130 Å². The predicted molar refractivity (Wildman–Crippen MR) is 90.0 cm³/mol. The van der Waals surface area contributed by atoms with Gasteiger partial charge in [-0.15, -0.1) is 0 Å². The SMILES string of the molecule is CCC(NC(=S)Nc1ccc(F)cc1)c1ccc(C)cc1. The molecule has 0 aliphatic carbocycles. The van der Waals surface area contributed by atoms with Crippen LogP contribution in [-0.4, -0.2) is 5.11 Å². The standard InChI is InChI=1S/C17H19FN2S/c1-3-16(13-6-4-12(2)5-7-13)20-17(21)19-15-10-8-14(18)9-11-15/h4-11,16H,3H2,1-2H3,(H2,19,20,21). The summed E-state index contributed by atoms with van der Waals surface area (Å²) in [5.41, 5.74) is 3.21. The van der Waals surface area contributed by atoms with Gasteiger partial charge in [0.2, 0.25) is 0 Å². The molecule has 0 heterocycles. The van der Waals surface area contributed by atoms with Crippen LogP contribution in [0.3, 0.4) is 0 Å². The van der Waals surface area contributed by atoms with Gasteiger partial charge in [0.15, 0.2) is 5.11 Å². The molecule has 2 nitrogen and oxygen atoms in total. The van der Waals surface area contributed by atoms with Crippen LogP contribution in [0.15, 0.2) is 48.5 Å². The van der Waals surface area contributed by atoms with Crippen molar-refractivity contribution >= 4 is 23.0 Å². The third-order valence-corrected chi connectivity index (χ3v) is 3.52. The molecule has 0 bridgehead atoms. The highest BCUT2D eigenvalue weighted by Gasteiger charge is 2.10. The lowest BCUT2D eigenvalue weighted by Gasteiger charge is -2.20. The Balaban J connectivity index is 1.99.